The fourth-order valence-electron chi connectivity index (χ4n) is 3.28. The zero-order valence-corrected chi connectivity index (χ0v) is 16.3. The molecule has 0 atom stereocenters. The second-order valence-electron chi connectivity index (χ2n) is 6.57. The number of amides is 1. The molecule has 5 heteroatoms. The molecular weight excluding hydrogens is 376 g/mol. The zero-order chi connectivity index (χ0) is 18.6. The lowest BCUT2D eigenvalue weighted by molar-refractivity contribution is -0.111. The van der Waals surface area contributed by atoms with Gasteiger partial charge in [0.05, 0.1) is 5.69 Å². The van der Waals surface area contributed by atoms with Gasteiger partial charge in [-0.1, -0.05) is 41.9 Å². The lowest BCUT2D eigenvalue weighted by Crippen LogP contribution is -2.07. The summed E-state index contributed by atoms with van der Waals surface area (Å²) >= 11 is 7.53. The standard InChI is InChI=1S/C22H19ClN2OS/c23-19-8-4-3-6-16(19)11-12-21(26)25-22-24-20(14-27-22)18-10-9-15-5-1-2-7-17(15)13-18/h3-4,6,8-14H,1-2,5,7H2,(H,24,25,26)/b12-11+. The first-order valence-electron chi connectivity index (χ1n) is 9.00. The number of halogens is 1. The van der Waals surface area contributed by atoms with Crippen LogP contribution in [0, 0.1) is 0 Å². The molecule has 3 nitrogen and oxygen atoms in total. The Kier molecular flexibility index (Phi) is 5.37. The summed E-state index contributed by atoms with van der Waals surface area (Å²) in [6.45, 7) is 0. The molecule has 0 spiro atoms. The van der Waals surface area contributed by atoms with Crippen molar-refractivity contribution in [3.8, 4) is 11.3 Å². The van der Waals surface area contributed by atoms with Crippen LogP contribution >= 0.6 is 22.9 Å². The van der Waals surface area contributed by atoms with Gasteiger partial charge in [-0.05, 0) is 60.6 Å². The number of nitrogens with one attached hydrogen (secondary N) is 1. The molecule has 136 valence electrons. The maximum absolute atomic E-state index is 12.2. The van der Waals surface area contributed by atoms with Crippen LogP contribution in [0.15, 0.2) is 53.9 Å². The largest absolute Gasteiger partial charge is 0.298 e. The molecule has 2 aromatic carbocycles. The summed E-state index contributed by atoms with van der Waals surface area (Å²) in [6, 6.07) is 14.0. The minimum absolute atomic E-state index is 0.221. The van der Waals surface area contributed by atoms with E-state index in [2.05, 4.69) is 28.5 Å². The van der Waals surface area contributed by atoms with E-state index in [1.165, 1.54) is 47.8 Å². The van der Waals surface area contributed by atoms with Gasteiger partial charge in [-0.25, -0.2) is 4.98 Å². The van der Waals surface area contributed by atoms with Gasteiger partial charge in [-0.2, -0.15) is 0 Å². The summed E-state index contributed by atoms with van der Waals surface area (Å²) in [5.74, 6) is -0.221. The van der Waals surface area contributed by atoms with E-state index in [1.807, 2.05) is 23.6 Å². The summed E-state index contributed by atoms with van der Waals surface area (Å²) in [5, 5.41) is 6.02. The van der Waals surface area contributed by atoms with E-state index in [0.29, 0.717) is 10.2 Å². The van der Waals surface area contributed by atoms with Gasteiger partial charge in [0.25, 0.3) is 0 Å². The Morgan fingerprint density at radius 2 is 1.93 bits per heavy atom. The average Bonchev–Trinajstić information content (AvgIpc) is 3.15. The molecule has 1 heterocycles. The van der Waals surface area contributed by atoms with Crippen molar-refractivity contribution >= 4 is 40.1 Å². The number of rotatable bonds is 4. The molecule has 1 amide bonds. The predicted octanol–water partition coefficient (Wildman–Crippen LogP) is 5.99. The van der Waals surface area contributed by atoms with E-state index in [1.54, 1.807) is 12.1 Å². The van der Waals surface area contributed by atoms with Crippen LogP contribution in [-0.2, 0) is 17.6 Å². The number of benzene rings is 2. The third-order valence-electron chi connectivity index (χ3n) is 4.70. The van der Waals surface area contributed by atoms with Gasteiger partial charge in [-0.15, -0.1) is 11.3 Å². The van der Waals surface area contributed by atoms with Gasteiger partial charge in [0.2, 0.25) is 5.91 Å². The number of anilines is 1. The number of carbonyl (C=O) groups excluding carboxylic acids is 1. The van der Waals surface area contributed by atoms with Gasteiger partial charge >= 0.3 is 0 Å². The van der Waals surface area contributed by atoms with Gasteiger partial charge in [0, 0.05) is 22.0 Å². The maximum Gasteiger partial charge on any atom is 0.250 e. The monoisotopic (exact) mass is 394 g/mol. The van der Waals surface area contributed by atoms with E-state index in [4.69, 9.17) is 11.6 Å². The molecule has 27 heavy (non-hydrogen) atoms. The first-order valence-corrected chi connectivity index (χ1v) is 10.3. The topological polar surface area (TPSA) is 42.0 Å². The normalized spacial score (nSPS) is 13.5. The SMILES string of the molecule is O=C(/C=C/c1ccccc1Cl)Nc1nc(-c2ccc3c(c2)CCCC3)cs1. The van der Waals surface area contributed by atoms with Crippen LogP contribution in [0.25, 0.3) is 17.3 Å². The Hall–Kier alpha value is -2.43. The van der Waals surface area contributed by atoms with Gasteiger partial charge in [0.1, 0.15) is 0 Å². The second-order valence-corrected chi connectivity index (χ2v) is 7.84. The molecule has 0 saturated carbocycles. The van der Waals surface area contributed by atoms with E-state index < -0.39 is 0 Å². The van der Waals surface area contributed by atoms with Crippen LogP contribution in [0.3, 0.4) is 0 Å². The first kappa shape index (κ1) is 18.0. The van der Waals surface area contributed by atoms with Gasteiger partial charge in [-0.3, -0.25) is 10.1 Å². The molecule has 1 N–H and O–H groups in total. The number of carbonyl (C=O) groups is 1. The van der Waals surface area contributed by atoms with Crippen LogP contribution in [0.4, 0.5) is 5.13 Å². The number of hydrogen-bond donors (Lipinski definition) is 1. The number of fused-ring (bicyclic) bond motifs is 1. The van der Waals surface area contributed by atoms with Crippen molar-refractivity contribution in [3.05, 3.63) is 75.6 Å². The Labute approximate surface area is 167 Å². The Morgan fingerprint density at radius 3 is 2.78 bits per heavy atom. The third-order valence-corrected chi connectivity index (χ3v) is 5.80. The average molecular weight is 395 g/mol. The van der Waals surface area contributed by atoms with Crippen molar-refractivity contribution in [2.24, 2.45) is 0 Å². The van der Waals surface area contributed by atoms with Crippen molar-refractivity contribution in [1.29, 1.82) is 0 Å². The number of nitrogens with zero attached hydrogens (tertiary/aromatic N) is 1. The third kappa shape index (κ3) is 4.29. The minimum atomic E-state index is -0.221. The number of aromatic nitrogens is 1. The van der Waals surface area contributed by atoms with Crippen LogP contribution in [0.1, 0.15) is 29.5 Å². The highest BCUT2D eigenvalue weighted by Gasteiger charge is 2.12. The fraction of sp³-hybridized carbons (Fsp3) is 0.182. The molecule has 4 rings (SSSR count). The summed E-state index contributed by atoms with van der Waals surface area (Å²) in [5.41, 5.74) is 5.71. The van der Waals surface area contributed by atoms with Crippen molar-refractivity contribution in [3.63, 3.8) is 0 Å². The molecule has 0 unspecified atom stereocenters. The number of hydrogen-bond acceptors (Lipinski definition) is 3. The summed E-state index contributed by atoms with van der Waals surface area (Å²) < 4.78 is 0. The van der Waals surface area contributed by atoms with Gasteiger partial charge < -0.3 is 0 Å². The van der Waals surface area contributed by atoms with Crippen molar-refractivity contribution in [1.82, 2.24) is 4.98 Å². The fourth-order valence-corrected chi connectivity index (χ4v) is 4.20. The molecule has 1 aromatic heterocycles. The van der Waals surface area contributed by atoms with Gasteiger partial charge in [0.15, 0.2) is 5.13 Å². The molecular formula is C22H19ClN2OS. The minimum Gasteiger partial charge on any atom is -0.298 e. The highest BCUT2D eigenvalue weighted by Crippen LogP contribution is 2.29. The zero-order valence-electron chi connectivity index (χ0n) is 14.7. The van der Waals surface area contributed by atoms with Crippen molar-refractivity contribution in [2.75, 3.05) is 5.32 Å². The smallest absolute Gasteiger partial charge is 0.250 e. The highest BCUT2D eigenvalue weighted by atomic mass is 35.5. The Balaban J connectivity index is 1.45. The second kappa shape index (κ2) is 8.07. The summed E-state index contributed by atoms with van der Waals surface area (Å²) in [7, 11) is 0. The van der Waals surface area contributed by atoms with E-state index in [-0.39, 0.29) is 5.91 Å². The van der Waals surface area contributed by atoms with Crippen LogP contribution < -0.4 is 5.32 Å². The van der Waals surface area contributed by atoms with Crippen LogP contribution in [-0.4, -0.2) is 10.9 Å². The van der Waals surface area contributed by atoms with Crippen molar-refractivity contribution < 1.29 is 4.79 Å². The number of thiazole rings is 1. The molecule has 1 aliphatic carbocycles. The Morgan fingerprint density at radius 1 is 1.11 bits per heavy atom. The molecule has 0 radical (unpaired) electrons. The van der Waals surface area contributed by atoms with Crippen LogP contribution in [0.5, 0.6) is 0 Å². The lowest BCUT2D eigenvalue weighted by atomic mass is 9.90. The van der Waals surface area contributed by atoms with E-state index in [0.717, 1.165) is 23.2 Å². The lowest BCUT2D eigenvalue weighted by Gasteiger charge is -2.16. The predicted molar refractivity (Wildman–Crippen MR) is 113 cm³/mol. The molecule has 1 aliphatic rings. The maximum atomic E-state index is 12.2. The summed E-state index contributed by atoms with van der Waals surface area (Å²) in [6.07, 6.45) is 8.03. The molecule has 0 bridgehead atoms. The molecule has 0 aliphatic heterocycles. The first-order chi connectivity index (χ1) is 13.2. The summed E-state index contributed by atoms with van der Waals surface area (Å²) in [4.78, 5) is 16.7. The number of aryl methyl sites for hydroxylation is 2. The Bertz CT molecular complexity index is 1010. The molecule has 0 fully saturated rings. The molecule has 0 saturated heterocycles. The van der Waals surface area contributed by atoms with E-state index >= 15 is 0 Å². The highest BCUT2D eigenvalue weighted by molar-refractivity contribution is 7.14. The van der Waals surface area contributed by atoms with E-state index in [9.17, 15) is 4.79 Å². The quantitative estimate of drug-likeness (QED) is 0.552. The van der Waals surface area contributed by atoms with Crippen LogP contribution in [0.2, 0.25) is 5.02 Å². The molecule has 3 aromatic rings. The van der Waals surface area contributed by atoms with Crippen molar-refractivity contribution in [2.45, 2.75) is 25.7 Å².